The molecule has 1 aromatic rings. The smallest absolute Gasteiger partial charge is 0.410 e. The molecule has 2 N–H and O–H groups in total. The minimum Gasteiger partial charge on any atom is -0.444 e. The van der Waals surface area contributed by atoms with E-state index in [4.69, 9.17) is 15.6 Å². The van der Waals surface area contributed by atoms with Gasteiger partial charge in [0, 0.05) is 24.9 Å². The molecule has 26 heavy (non-hydrogen) atoms. The lowest BCUT2D eigenvalue weighted by Crippen LogP contribution is -2.47. The third-order valence-corrected chi connectivity index (χ3v) is 4.16. The number of ether oxygens (including phenoxy) is 1. The number of amides is 1. The Bertz CT molecular complexity index is 706. The van der Waals surface area contributed by atoms with Gasteiger partial charge in [-0.2, -0.15) is 5.10 Å². The summed E-state index contributed by atoms with van der Waals surface area (Å²) in [6.07, 6.45) is 2.90. The third kappa shape index (κ3) is 5.03. The average molecular weight is 359 g/mol. The highest BCUT2D eigenvalue weighted by atomic mass is 16.6. The van der Waals surface area contributed by atoms with Crippen LogP contribution >= 0.6 is 0 Å². The van der Waals surface area contributed by atoms with Crippen molar-refractivity contribution in [3.05, 3.63) is 29.6 Å². The predicted octanol–water partition coefficient (Wildman–Crippen LogP) is 3.10. The third-order valence-electron chi connectivity index (χ3n) is 4.16. The number of carbonyl (C=O) groups is 1. The van der Waals surface area contributed by atoms with Crippen LogP contribution in [-0.4, -0.2) is 46.1 Å². The molecule has 0 spiro atoms. The van der Waals surface area contributed by atoms with Gasteiger partial charge < -0.3 is 15.5 Å². The first-order valence-corrected chi connectivity index (χ1v) is 9.00. The summed E-state index contributed by atoms with van der Waals surface area (Å²) in [5.41, 5.74) is 3.08. The van der Waals surface area contributed by atoms with Crippen LogP contribution in [0.15, 0.2) is 28.4 Å². The summed E-state index contributed by atoms with van der Waals surface area (Å²) in [5, 5.41) is 3.87. The van der Waals surface area contributed by atoms with Gasteiger partial charge >= 0.3 is 6.09 Å². The van der Waals surface area contributed by atoms with Gasteiger partial charge in [-0.15, -0.1) is 0 Å². The van der Waals surface area contributed by atoms with E-state index in [0.29, 0.717) is 25.2 Å². The number of pyridine rings is 1. The Hall–Kier alpha value is -2.44. The van der Waals surface area contributed by atoms with Crippen molar-refractivity contribution in [2.24, 2.45) is 15.9 Å². The van der Waals surface area contributed by atoms with E-state index in [-0.39, 0.29) is 12.1 Å². The maximum Gasteiger partial charge on any atom is 0.410 e. The summed E-state index contributed by atoms with van der Waals surface area (Å²) < 4.78 is 5.43. The zero-order chi connectivity index (χ0) is 19.3. The van der Waals surface area contributed by atoms with E-state index in [1.54, 1.807) is 11.1 Å². The van der Waals surface area contributed by atoms with Gasteiger partial charge in [0.1, 0.15) is 11.3 Å². The van der Waals surface area contributed by atoms with Crippen LogP contribution in [0.25, 0.3) is 0 Å². The van der Waals surface area contributed by atoms with E-state index < -0.39 is 5.60 Å². The van der Waals surface area contributed by atoms with Crippen LogP contribution in [0, 0.1) is 0 Å². The molecule has 0 saturated carbocycles. The fraction of sp³-hybridized carbons (Fsp3) is 0.579. The van der Waals surface area contributed by atoms with Crippen molar-refractivity contribution in [3.8, 4) is 0 Å². The van der Waals surface area contributed by atoms with Gasteiger partial charge in [-0.1, -0.05) is 13.0 Å². The highest BCUT2D eigenvalue weighted by Crippen LogP contribution is 2.22. The molecule has 1 saturated heterocycles. The lowest BCUT2D eigenvalue weighted by molar-refractivity contribution is 0.0280. The van der Waals surface area contributed by atoms with Crippen LogP contribution in [0.1, 0.15) is 58.3 Å². The number of piperidine rings is 1. The number of aromatic nitrogens is 1. The van der Waals surface area contributed by atoms with Crippen molar-refractivity contribution >= 4 is 17.5 Å². The molecule has 1 aromatic heterocycles. The number of aliphatic imine (C=N–C) groups is 1. The number of hydrogen-bond acceptors (Lipinski definition) is 6. The van der Waals surface area contributed by atoms with Crippen LogP contribution in [-0.2, 0) is 11.2 Å². The second-order valence-corrected chi connectivity index (χ2v) is 7.37. The number of rotatable bonds is 3. The highest BCUT2D eigenvalue weighted by molar-refractivity contribution is 6.44. The Morgan fingerprint density at radius 3 is 2.77 bits per heavy atom. The number of nitrogens with two attached hydrogens (primary N) is 1. The topological polar surface area (TPSA) is 93.2 Å². The van der Waals surface area contributed by atoms with E-state index in [0.717, 1.165) is 23.4 Å². The Morgan fingerprint density at radius 2 is 2.15 bits per heavy atom. The molecule has 0 aliphatic carbocycles. The van der Waals surface area contributed by atoms with Gasteiger partial charge in [-0.05, 0) is 45.7 Å². The number of hydrogen-bond donors (Lipinski definition) is 1. The molecule has 142 valence electrons. The predicted molar refractivity (Wildman–Crippen MR) is 104 cm³/mol. The number of likely N-dealkylation sites (tertiary alicyclic amines) is 1. The average Bonchev–Trinajstić information content (AvgIpc) is 2.60. The fourth-order valence-corrected chi connectivity index (χ4v) is 2.90. The molecule has 7 nitrogen and oxygen atoms in total. The molecular weight excluding hydrogens is 330 g/mol. The van der Waals surface area contributed by atoms with Crippen molar-refractivity contribution in [2.75, 3.05) is 13.1 Å². The molecular formula is C19H29N5O2. The van der Waals surface area contributed by atoms with Crippen LogP contribution in [0.5, 0.6) is 0 Å². The minimum atomic E-state index is -0.531. The molecule has 1 aliphatic heterocycles. The first-order valence-electron chi connectivity index (χ1n) is 9.00. The molecule has 1 fully saturated rings. The summed E-state index contributed by atoms with van der Waals surface area (Å²) in [7, 11) is 0. The first-order chi connectivity index (χ1) is 12.2. The number of aryl methyl sites for hydroxylation is 1. The summed E-state index contributed by atoms with van der Waals surface area (Å²) in [5.74, 6) is 5.57. The molecule has 0 bridgehead atoms. The SMILES string of the molecule is CCc1ncccc1C(C)N=C1CCN(C(=O)OC(C)(C)C)C/C1=N/N. The quantitative estimate of drug-likeness (QED) is 0.663. The van der Waals surface area contributed by atoms with Crippen molar-refractivity contribution in [1.82, 2.24) is 9.88 Å². The highest BCUT2D eigenvalue weighted by Gasteiger charge is 2.29. The van der Waals surface area contributed by atoms with Gasteiger partial charge in [0.15, 0.2) is 0 Å². The van der Waals surface area contributed by atoms with E-state index in [1.165, 1.54) is 0 Å². The molecule has 7 heteroatoms. The second kappa shape index (κ2) is 8.29. The molecule has 1 unspecified atom stereocenters. The van der Waals surface area contributed by atoms with Crippen molar-refractivity contribution in [2.45, 2.75) is 59.1 Å². The van der Waals surface area contributed by atoms with Crippen molar-refractivity contribution in [3.63, 3.8) is 0 Å². The molecule has 2 heterocycles. The number of nitrogens with zero attached hydrogens (tertiary/aromatic N) is 4. The van der Waals surface area contributed by atoms with E-state index in [9.17, 15) is 4.79 Å². The minimum absolute atomic E-state index is 0.0431. The van der Waals surface area contributed by atoms with Crippen molar-refractivity contribution < 1.29 is 9.53 Å². The van der Waals surface area contributed by atoms with E-state index in [1.807, 2.05) is 33.8 Å². The Kier molecular flexibility index (Phi) is 6.34. The summed E-state index contributed by atoms with van der Waals surface area (Å²) >= 11 is 0. The molecule has 1 aliphatic rings. The number of hydrazone groups is 1. The molecule has 0 radical (unpaired) electrons. The zero-order valence-corrected chi connectivity index (χ0v) is 16.3. The van der Waals surface area contributed by atoms with Gasteiger partial charge in [-0.25, -0.2) is 4.79 Å². The van der Waals surface area contributed by atoms with Crippen LogP contribution in [0.4, 0.5) is 4.79 Å². The van der Waals surface area contributed by atoms with Gasteiger partial charge in [0.25, 0.3) is 0 Å². The lowest BCUT2D eigenvalue weighted by atomic mass is 10.0. The van der Waals surface area contributed by atoms with E-state index in [2.05, 4.69) is 23.1 Å². The fourth-order valence-electron chi connectivity index (χ4n) is 2.90. The Morgan fingerprint density at radius 1 is 1.42 bits per heavy atom. The number of carbonyl (C=O) groups excluding carboxylic acids is 1. The summed E-state index contributed by atoms with van der Waals surface area (Å²) in [6.45, 7) is 10.5. The molecule has 2 rings (SSSR count). The molecule has 0 aromatic carbocycles. The van der Waals surface area contributed by atoms with Crippen LogP contribution in [0.3, 0.4) is 0 Å². The van der Waals surface area contributed by atoms with Gasteiger partial charge in [-0.3, -0.25) is 9.98 Å². The van der Waals surface area contributed by atoms with E-state index >= 15 is 0 Å². The Balaban J connectivity index is 2.14. The monoisotopic (exact) mass is 359 g/mol. The maximum atomic E-state index is 12.3. The first kappa shape index (κ1) is 19.9. The zero-order valence-electron chi connectivity index (χ0n) is 16.3. The Labute approximate surface area is 155 Å². The van der Waals surface area contributed by atoms with Crippen LogP contribution in [0.2, 0.25) is 0 Å². The van der Waals surface area contributed by atoms with Gasteiger partial charge in [0.05, 0.1) is 18.3 Å². The van der Waals surface area contributed by atoms with Crippen LogP contribution < -0.4 is 5.84 Å². The molecule has 1 amide bonds. The van der Waals surface area contributed by atoms with Gasteiger partial charge in [0.2, 0.25) is 0 Å². The standard InChI is InChI=1S/C19H29N5O2/c1-6-15-14(8-7-10-21-15)13(2)22-16-9-11-24(12-17(16)23-20)18(25)26-19(3,4)5/h7-8,10,13H,6,9,11-12,20H2,1-5H3/b22-16?,23-17-. The lowest BCUT2D eigenvalue weighted by Gasteiger charge is -2.31. The largest absolute Gasteiger partial charge is 0.444 e. The second-order valence-electron chi connectivity index (χ2n) is 7.37. The maximum absolute atomic E-state index is 12.3. The molecule has 1 atom stereocenters. The summed E-state index contributed by atoms with van der Waals surface area (Å²) in [4.78, 5) is 23.1. The summed E-state index contributed by atoms with van der Waals surface area (Å²) in [6, 6.07) is 3.93. The van der Waals surface area contributed by atoms with Crippen molar-refractivity contribution in [1.29, 1.82) is 0 Å². The normalized spacial score (nSPS) is 19.7.